The lowest BCUT2D eigenvalue weighted by molar-refractivity contribution is 0.310. The number of imidazole rings is 1. The van der Waals surface area contributed by atoms with Crippen LogP contribution in [0, 0.1) is 0 Å². The van der Waals surface area contributed by atoms with E-state index in [1.165, 1.54) is 6.20 Å². The summed E-state index contributed by atoms with van der Waals surface area (Å²) in [5.74, 6) is 1.31. The molecule has 0 fully saturated rings. The molecule has 2 aromatic heterocycles. The number of nitrogens with zero attached hydrogens (tertiary/aromatic N) is 2. The second kappa shape index (κ2) is 6.34. The fraction of sp³-hybridized carbons (Fsp3) is 0.250. The number of H-pyrrole nitrogens is 1. The lowest BCUT2D eigenvalue weighted by Crippen LogP contribution is -2.17. The van der Waals surface area contributed by atoms with Crippen LogP contribution in [-0.4, -0.2) is 28.3 Å². The Bertz CT molecular complexity index is 901. The fourth-order valence-corrected chi connectivity index (χ4v) is 2.59. The molecule has 3 aromatic rings. The van der Waals surface area contributed by atoms with Crippen molar-refractivity contribution in [1.82, 2.24) is 14.5 Å². The number of pyridine rings is 1. The van der Waals surface area contributed by atoms with E-state index in [2.05, 4.69) is 9.97 Å². The molecule has 0 atom stereocenters. The van der Waals surface area contributed by atoms with Crippen LogP contribution in [0.2, 0.25) is 5.02 Å². The number of hydrogen-bond acceptors (Lipinski definition) is 4. The number of hydrogen-bond donors (Lipinski definition) is 1. The summed E-state index contributed by atoms with van der Waals surface area (Å²) in [5.41, 5.74) is 1.85. The van der Waals surface area contributed by atoms with Gasteiger partial charge in [0.25, 0.3) is 0 Å². The maximum atomic E-state index is 12.2. The number of aromatic amines is 1. The van der Waals surface area contributed by atoms with E-state index in [9.17, 15) is 4.79 Å². The third-order valence-electron chi connectivity index (χ3n) is 3.44. The molecule has 0 amide bonds. The van der Waals surface area contributed by atoms with Gasteiger partial charge in [0, 0.05) is 6.20 Å². The molecule has 0 bridgehead atoms. The molecule has 120 valence electrons. The highest BCUT2D eigenvalue weighted by Gasteiger charge is 2.11. The highest BCUT2D eigenvalue weighted by molar-refractivity contribution is 6.31. The summed E-state index contributed by atoms with van der Waals surface area (Å²) < 4.78 is 12.4. The van der Waals surface area contributed by atoms with Crippen LogP contribution >= 0.6 is 11.6 Å². The summed E-state index contributed by atoms with van der Waals surface area (Å²) >= 11 is 5.91. The van der Waals surface area contributed by atoms with Crippen molar-refractivity contribution in [3.05, 3.63) is 51.5 Å². The summed E-state index contributed by atoms with van der Waals surface area (Å²) in [5, 5.41) is 0.481. The first-order valence-corrected chi connectivity index (χ1v) is 7.54. The van der Waals surface area contributed by atoms with Crippen molar-refractivity contribution in [2.24, 2.45) is 0 Å². The molecule has 2 heterocycles. The van der Waals surface area contributed by atoms with E-state index in [-0.39, 0.29) is 5.69 Å². The second-order valence-electron chi connectivity index (χ2n) is 4.96. The Morgan fingerprint density at radius 1 is 1.30 bits per heavy atom. The van der Waals surface area contributed by atoms with E-state index in [0.29, 0.717) is 40.8 Å². The van der Waals surface area contributed by atoms with Crippen molar-refractivity contribution < 1.29 is 9.47 Å². The molecule has 0 aliphatic rings. The number of halogens is 1. The lowest BCUT2D eigenvalue weighted by Gasteiger charge is -2.11. The Morgan fingerprint density at radius 3 is 2.87 bits per heavy atom. The van der Waals surface area contributed by atoms with Crippen molar-refractivity contribution in [3.63, 3.8) is 0 Å². The van der Waals surface area contributed by atoms with Crippen LogP contribution in [0.3, 0.4) is 0 Å². The minimum atomic E-state index is -0.233. The topological polar surface area (TPSA) is 69.1 Å². The number of benzene rings is 1. The van der Waals surface area contributed by atoms with Crippen LogP contribution < -0.4 is 15.2 Å². The van der Waals surface area contributed by atoms with Crippen LogP contribution in [0.1, 0.15) is 12.5 Å². The summed E-state index contributed by atoms with van der Waals surface area (Å²) in [4.78, 5) is 19.1. The van der Waals surface area contributed by atoms with Gasteiger partial charge in [-0.1, -0.05) is 17.7 Å². The van der Waals surface area contributed by atoms with Gasteiger partial charge in [0.1, 0.15) is 0 Å². The van der Waals surface area contributed by atoms with Crippen LogP contribution in [0.4, 0.5) is 0 Å². The first kappa shape index (κ1) is 15.4. The maximum absolute atomic E-state index is 12.2. The zero-order valence-corrected chi connectivity index (χ0v) is 13.6. The molecular formula is C16H16ClN3O3. The predicted octanol–water partition coefficient (Wildman–Crippen LogP) is 2.83. The van der Waals surface area contributed by atoms with Crippen LogP contribution in [0.25, 0.3) is 11.2 Å². The minimum Gasteiger partial charge on any atom is -0.493 e. The molecule has 1 aromatic carbocycles. The number of fused-ring (bicyclic) bond motifs is 1. The molecule has 0 radical (unpaired) electrons. The molecule has 0 spiro atoms. The average molecular weight is 334 g/mol. The molecule has 0 saturated heterocycles. The number of aromatic nitrogens is 3. The van der Waals surface area contributed by atoms with Gasteiger partial charge in [-0.3, -0.25) is 4.57 Å². The van der Waals surface area contributed by atoms with Gasteiger partial charge in [0.05, 0.1) is 30.8 Å². The number of methoxy groups -OCH3 is 1. The zero-order valence-electron chi connectivity index (χ0n) is 12.8. The third kappa shape index (κ3) is 3.03. The van der Waals surface area contributed by atoms with Gasteiger partial charge < -0.3 is 14.5 Å². The van der Waals surface area contributed by atoms with E-state index in [1.54, 1.807) is 17.7 Å². The summed E-state index contributed by atoms with van der Waals surface area (Å²) in [6.45, 7) is 2.81. The van der Waals surface area contributed by atoms with Gasteiger partial charge in [-0.05, 0) is 30.7 Å². The Balaban J connectivity index is 2.00. The lowest BCUT2D eigenvalue weighted by atomic mass is 10.2. The van der Waals surface area contributed by atoms with Gasteiger partial charge in [-0.15, -0.1) is 0 Å². The Kier molecular flexibility index (Phi) is 4.25. The third-order valence-corrected chi connectivity index (χ3v) is 3.65. The summed E-state index contributed by atoms with van der Waals surface area (Å²) in [6, 6.07) is 7.26. The molecule has 0 aliphatic heterocycles. The molecular weight excluding hydrogens is 318 g/mol. The highest BCUT2D eigenvalue weighted by atomic mass is 35.5. The van der Waals surface area contributed by atoms with Crippen molar-refractivity contribution >= 4 is 22.8 Å². The standard InChI is InChI=1S/C16H16ClN3O3/c1-3-23-14-6-10(4-5-13(14)22-2)9-20-15-12(19-16(20)21)7-11(17)8-18-15/h4-8H,3,9H2,1-2H3,(H,19,21). The first-order valence-electron chi connectivity index (χ1n) is 7.16. The monoisotopic (exact) mass is 333 g/mol. The van der Waals surface area contributed by atoms with E-state index >= 15 is 0 Å². The molecule has 1 N–H and O–H groups in total. The Morgan fingerprint density at radius 2 is 2.13 bits per heavy atom. The van der Waals surface area contributed by atoms with Crippen molar-refractivity contribution in [1.29, 1.82) is 0 Å². The molecule has 0 saturated carbocycles. The van der Waals surface area contributed by atoms with Crippen LogP contribution in [0.5, 0.6) is 11.5 Å². The minimum absolute atomic E-state index is 0.233. The van der Waals surface area contributed by atoms with Gasteiger partial charge in [0.2, 0.25) is 0 Å². The normalized spacial score (nSPS) is 10.9. The average Bonchev–Trinajstić information content (AvgIpc) is 2.83. The smallest absolute Gasteiger partial charge is 0.327 e. The number of rotatable bonds is 5. The molecule has 6 nitrogen and oxygen atoms in total. The fourth-order valence-electron chi connectivity index (χ4n) is 2.44. The van der Waals surface area contributed by atoms with Crippen molar-refractivity contribution in [2.75, 3.05) is 13.7 Å². The quantitative estimate of drug-likeness (QED) is 0.779. The largest absolute Gasteiger partial charge is 0.493 e. The number of nitrogens with one attached hydrogen (secondary N) is 1. The van der Waals surface area contributed by atoms with E-state index in [0.717, 1.165) is 5.56 Å². The van der Waals surface area contributed by atoms with Crippen LogP contribution in [0.15, 0.2) is 35.3 Å². The molecule has 7 heteroatoms. The molecule has 0 unspecified atom stereocenters. The zero-order chi connectivity index (χ0) is 16.4. The van der Waals surface area contributed by atoms with Gasteiger partial charge >= 0.3 is 5.69 Å². The highest BCUT2D eigenvalue weighted by Crippen LogP contribution is 2.28. The van der Waals surface area contributed by atoms with Gasteiger partial charge in [0.15, 0.2) is 17.1 Å². The SMILES string of the molecule is CCOc1cc(Cn2c(=O)[nH]c3cc(Cl)cnc32)ccc1OC. The second-order valence-corrected chi connectivity index (χ2v) is 5.40. The van der Waals surface area contributed by atoms with E-state index < -0.39 is 0 Å². The molecule has 23 heavy (non-hydrogen) atoms. The van der Waals surface area contributed by atoms with E-state index in [1.807, 2.05) is 25.1 Å². The Labute approximate surface area is 137 Å². The molecule has 0 aliphatic carbocycles. The van der Waals surface area contributed by atoms with Crippen molar-refractivity contribution in [2.45, 2.75) is 13.5 Å². The summed E-state index contributed by atoms with van der Waals surface area (Å²) in [6.07, 6.45) is 1.52. The predicted molar refractivity (Wildman–Crippen MR) is 88.6 cm³/mol. The van der Waals surface area contributed by atoms with E-state index in [4.69, 9.17) is 21.1 Å². The van der Waals surface area contributed by atoms with Crippen molar-refractivity contribution in [3.8, 4) is 11.5 Å². The van der Waals surface area contributed by atoms with Gasteiger partial charge in [-0.2, -0.15) is 0 Å². The van der Waals surface area contributed by atoms with Gasteiger partial charge in [-0.25, -0.2) is 9.78 Å². The maximum Gasteiger partial charge on any atom is 0.327 e. The molecule has 3 rings (SSSR count). The Hall–Kier alpha value is -2.47. The number of ether oxygens (including phenoxy) is 2. The first-order chi connectivity index (χ1) is 11.1. The van der Waals surface area contributed by atoms with Crippen LogP contribution in [-0.2, 0) is 6.54 Å². The summed E-state index contributed by atoms with van der Waals surface area (Å²) in [7, 11) is 1.59.